The van der Waals surface area contributed by atoms with Gasteiger partial charge in [0.2, 0.25) is 14.3 Å². The minimum Gasteiger partial charge on any atom is -0.497 e. The second-order valence-corrected chi connectivity index (χ2v) is 16.5. The Morgan fingerprint density at radius 2 is 1.84 bits per heavy atom. The molecule has 6 rings (SSSR count). The molecule has 0 bridgehead atoms. The van der Waals surface area contributed by atoms with E-state index in [1.54, 1.807) is 67.6 Å². The largest absolute Gasteiger partial charge is 0.497 e. The van der Waals surface area contributed by atoms with Gasteiger partial charge >= 0.3 is 0 Å². The van der Waals surface area contributed by atoms with Crippen LogP contribution in [0.3, 0.4) is 0 Å². The lowest BCUT2D eigenvalue weighted by Gasteiger charge is -2.37. The third-order valence-electron chi connectivity index (χ3n) is 9.59. The highest BCUT2D eigenvalue weighted by atomic mass is 28.4. The zero-order chi connectivity index (χ0) is 32.1. The zero-order valence-electron chi connectivity index (χ0n) is 25.8. The molecule has 1 fully saturated rings. The molecule has 3 aliphatic rings. The predicted molar refractivity (Wildman–Crippen MR) is 170 cm³/mol. The molecule has 5 atom stereocenters. The normalized spacial score (nSPS) is 25.5. The number of methoxy groups -OCH3 is 1. The van der Waals surface area contributed by atoms with E-state index in [9.17, 15) is 19.5 Å². The Labute approximate surface area is 262 Å². The maximum absolute atomic E-state index is 16.2. The molecule has 0 saturated carbocycles. The number of ether oxygens (including phenoxy) is 2. The van der Waals surface area contributed by atoms with Gasteiger partial charge in [0, 0.05) is 40.5 Å². The Balaban J connectivity index is 1.29. The van der Waals surface area contributed by atoms with Crippen LogP contribution < -0.4 is 15.4 Å². The number of fused-ring (bicyclic) bond motifs is 3. The summed E-state index contributed by atoms with van der Waals surface area (Å²) in [6.45, 7) is 5.13. The van der Waals surface area contributed by atoms with E-state index >= 15 is 4.11 Å². The molecule has 0 unspecified atom stereocenters. The van der Waals surface area contributed by atoms with Gasteiger partial charge in [-0.15, -0.1) is 0 Å². The van der Waals surface area contributed by atoms with Crippen molar-refractivity contribution in [3.05, 3.63) is 89.0 Å². The first-order valence-electron chi connectivity index (χ1n) is 15.2. The Hall–Kier alpha value is -4.06. The molecule has 0 aromatic heterocycles. The number of aliphatic hydroxyl groups is 1. The van der Waals surface area contributed by atoms with Crippen molar-refractivity contribution in [2.75, 3.05) is 24.4 Å². The van der Waals surface area contributed by atoms with Crippen LogP contribution in [0.2, 0.25) is 18.6 Å². The summed E-state index contributed by atoms with van der Waals surface area (Å²) >= 11 is 0. The van der Waals surface area contributed by atoms with Gasteiger partial charge in [0.05, 0.1) is 32.3 Å². The number of benzene rings is 3. The zero-order valence-corrected chi connectivity index (χ0v) is 26.8. The molecule has 236 valence electrons. The van der Waals surface area contributed by atoms with E-state index < -0.39 is 43.5 Å². The fraction of sp³-hybridized carbons (Fsp3) is 0.382. The molecule has 1 saturated heterocycles. The minimum atomic E-state index is -3.49. The van der Waals surface area contributed by atoms with E-state index in [1.165, 1.54) is 0 Å². The van der Waals surface area contributed by atoms with Crippen molar-refractivity contribution in [1.82, 2.24) is 4.90 Å². The number of nitrogens with one attached hydrogen (secondary N) is 2. The highest BCUT2D eigenvalue weighted by molar-refractivity contribution is 6.72. The van der Waals surface area contributed by atoms with Gasteiger partial charge < -0.3 is 34.2 Å². The van der Waals surface area contributed by atoms with Crippen LogP contribution in [0.1, 0.15) is 40.4 Å². The number of hydrogen-bond donors (Lipinski definition) is 3. The van der Waals surface area contributed by atoms with Crippen molar-refractivity contribution in [3.63, 3.8) is 0 Å². The maximum atomic E-state index is 16.2. The number of aliphatic hydroxyl groups excluding tert-OH is 1. The van der Waals surface area contributed by atoms with Crippen LogP contribution in [-0.2, 0) is 32.9 Å². The fourth-order valence-corrected chi connectivity index (χ4v) is 9.92. The van der Waals surface area contributed by atoms with E-state index in [1.807, 2.05) is 31.2 Å². The van der Waals surface area contributed by atoms with E-state index in [0.29, 0.717) is 41.2 Å². The van der Waals surface area contributed by atoms with E-state index in [2.05, 4.69) is 10.6 Å². The van der Waals surface area contributed by atoms with Gasteiger partial charge in [0.1, 0.15) is 5.75 Å². The number of carbonyl (C=O) groups is 3. The predicted octanol–water partition coefficient (Wildman–Crippen LogP) is 5.01. The quantitative estimate of drug-likeness (QED) is 0.249. The van der Waals surface area contributed by atoms with Crippen LogP contribution in [0.15, 0.2) is 66.7 Å². The van der Waals surface area contributed by atoms with Crippen molar-refractivity contribution in [2.45, 2.75) is 62.7 Å². The molecule has 3 aromatic rings. The summed E-state index contributed by atoms with van der Waals surface area (Å²) < 4.78 is 27.9. The van der Waals surface area contributed by atoms with Crippen LogP contribution in [0, 0.1) is 5.92 Å². The molecule has 3 aromatic carbocycles. The second-order valence-electron chi connectivity index (χ2n) is 12.7. The van der Waals surface area contributed by atoms with Gasteiger partial charge in [-0.25, -0.2) is 0 Å². The van der Waals surface area contributed by atoms with Crippen molar-refractivity contribution < 1.29 is 33.1 Å². The Morgan fingerprint density at radius 3 is 2.51 bits per heavy atom. The molecule has 45 heavy (non-hydrogen) atoms. The smallest absolute Gasteiger partial charge is 0.261 e. The lowest BCUT2D eigenvalue weighted by molar-refractivity contribution is -0.149. The second kappa shape index (κ2) is 11.7. The van der Waals surface area contributed by atoms with Crippen LogP contribution in [0.5, 0.6) is 5.75 Å². The molecule has 3 aliphatic heterocycles. The highest BCUT2D eigenvalue weighted by Crippen LogP contribution is 2.59. The summed E-state index contributed by atoms with van der Waals surface area (Å²) in [5.41, 5.74) is 1.81. The number of amides is 3. The molecule has 11 heteroatoms. The lowest BCUT2D eigenvalue weighted by Crippen LogP contribution is -2.48. The highest BCUT2D eigenvalue weighted by Gasteiger charge is 2.65. The van der Waals surface area contributed by atoms with Crippen LogP contribution in [0.25, 0.3) is 0 Å². The Bertz CT molecular complexity index is 1640. The molecule has 0 radical (unpaired) electrons. The molecule has 3 heterocycles. The molecular weight excluding hydrogens is 593 g/mol. The summed E-state index contributed by atoms with van der Waals surface area (Å²) in [5.74, 6) is -0.972. The van der Waals surface area contributed by atoms with Crippen molar-refractivity contribution in [1.29, 1.82) is 0 Å². The van der Waals surface area contributed by atoms with Crippen LogP contribution in [-0.4, -0.2) is 62.0 Å². The average Bonchev–Trinajstić information content (AvgIpc) is 3.48. The summed E-state index contributed by atoms with van der Waals surface area (Å²) in [4.78, 5) is 42.3. The molecule has 9 nitrogen and oxygen atoms in total. The lowest BCUT2D eigenvalue weighted by atomic mass is 9.82. The monoisotopic (exact) mass is 631 g/mol. The Kier molecular flexibility index (Phi) is 8.04. The number of carbonyl (C=O) groups excluding carboxylic acids is 3. The van der Waals surface area contributed by atoms with Gasteiger partial charge in [-0.2, -0.15) is 0 Å². The number of rotatable bonds is 7. The topological polar surface area (TPSA) is 117 Å². The van der Waals surface area contributed by atoms with Gasteiger partial charge in [0.25, 0.3) is 11.8 Å². The maximum Gasteiger partial charge on any atom is 0.261 e. The molecule has 3 N–H and O–H groups in total. The first kappa shape index (κ1) is 30.9. The first-order chi connectivity index (χ1) is 21.5. The summed E-state index contributed by atoms with van der Waals surface area (Å²) in [7, 11) is -1.94. The van der Waals surface area contributed by atoms with Gasteiger partial charge in [-0.05, 0) is 73.1 Å². The molecule has 3 amide bonds. The number of hydrogen-bond acceptors (Lipinski definition) is 6. The van der Waals surface area contributed by atoms with Crippen molar-refractivity contribution in [3.8, 4) is 5.75 Å². The van der Waals surface area contributed by atoms with Gasteiger partial charge in [0.15, 0.2) is 5.60 Å². The molecule has 1 spiro atoms. The van der Waals surface area contributed by atoms with Gasteiger partial charge in [-0.3, -0.25) is 14.4 Å². The van der Waals surface area contributed by atoms with Gasteiger partial charge in [-0.1, -0.05) is 31.2 Å². The average molecular weight is 632 g/mol. The number of nitrogens with zero attached hydrogens (tertiary/aromatic N) is 1. The summed E-state index contributed by atoms with van der Waals surface area (Å²) in [6.07, 6.45) is -0.450. The van der Waals surface area contributed by atoms with E-state index in [0.717, 1.165) is 11.1 Å². The third kappa shape index (κ3) is 5.42. The Morgan fingerprint density at radius 1 is 1.13 bits per heavy atom. The van der Waals surface area contributed by atoms with Crippen molar-refractivity contribution in [2.24, 2.45) is 5.92 Å². The minimum absolute atomic E-state index is 0.119. The van der Waals surface area contributed by atoms with E-state index in [4.69, 9.17) is 9.47 Å². The first-order valence-corrected chi connectivity index (χ1v) is 18.2. The van der Waals surface area contributed by atoms with Crippen LogP contribution in [0.4, 0.5) is 15.5 Å². The van der Waals surface area contributed by atoms with E-state index in [-0.39, 0.29) is 24.8 Å². The number of anilines is 2. The SMILES string of the molecule is COc1ccc(C(=O)Nc2ccc3c(c2)[C@@]2(O[C@H](CC(=O)N4Cc5ccccc5C[C@H]4CO)[C@@H]([Si](C)(C)F)[C@@H]2C)C(=O)N3)cc1. The van der Waals surface area contributed by atoms with Crippen LogP contribution >= 0.6 is 0 Å². The summed E-state index contributed by atoms with van der Waals surface area (Å²) in [6, 6.07) is 19.2. The summed E-state index contributed by atoms with van der Waals surface area (Å²) in [5, 5.41) is 15.9. The standard InChI is InChI=1S/C34H38FN3O6Si/c1-20-31(45(3,4)35)29(17-30(40)38-18-23-8-6-5-7-22(23)15-25(38)19-39)44-34(20)27-16-24(11-14-28(27)37-33(34)42)36-32(41)21-9-12-26(43-2)13-10-21/h5-14,16,20,25,29,31,39H,15,17-19H2,1-4H3,(H,36,41)(H,37,42)/t20-,25-,29+,31-,34+/m0/s1. The fourth-order valence-electron chi connectivity index (χ4n) is 7.42. The third-order valence-corrected chi connectivity index (χ3v) is 12.0. The molecular formula is C34H38FN3O6Si. The van der Waals surface area contributed by atoms with Crippen molar-refractivity contribution >= 4 is 37.5 Å². The number of halogens is 1. The molecule has 0 aliphatic carbocycles.